The maximum Gasteiger partial charge on any atom is 0.0412 e. The second-order valence-corrected chi connectivity index (χ2v) is 3.98. The molecule has 71 valence electrons. The van der Waals surface area contributed by atoms with Crippen LogP contribution in [0, 0.1) is 19.8 Å². The average Bonchev–Trinajstić information content (AvgIpc) is 2.01. The molecule has 1 heteroatoms. The lowest BCUT2D eigenvalue weighted by atomic mass is 10.1. The third-order valence-electron chi connectivity index (χ3n) is 1.95. The number of hydrogen-bond acceptors (Lipinski definition) is 1. The van der Waals surface area contributed by atoms with E-state index in [1.54, 1.807) is 0 Å². The minimum absolute atomic E-state index is 0.673. The van der Waals surface area contributed by atoms with Crippen LogP contribution < -0.4 is 0 Å². The summed E-state index contributed by atoms with van der Waals surface area (Å²) in [6, 6.07) is 4.27. The summed E-state index contributed by atoms with van der Waals surface area (Å²) >= 11 is 0. The van der Waals surface area contributed by atoms with Gasteiger partial charge in [-0.05, 0) is 50.3 Å². The van der Waals surface area contributed by atoms with Crippen molar-refractivity contribution in [3.05, 3.63) is 36.0 Å². The molecule has 1 radical (unpaired) electrons. The highest BCUT2D eigenvalue weighted by Crippen LogP contribution is 2.10. The van der Waals surface area contributed by atoms with E-state index in [2.05, 4.69) is 44.8 Å². The normalized spacial score (nSPS) is 10.8. The largest absolute Gasteiger partial charge is 0.258 e. The molecule has 0 fully saturated rings. The van der Waals surface area contributed by atoms with Crippen LogP contribution in [0.5, 0.6) is 0 Å². The summed E-state index contributed by atoms with van der Waals surface area (Å²) in [4.78, 5) is 4.53. The summed E-state index contributed by atoms with van der Waals surface area (Å²) in [6.45, 7) is 10.4. The molecular weight excluding hydrogens is 158 g/mol. The van der Waals surface area contributed by atoms with Crippen LogP contribution in [-0.4, -0.2) is 4.98 Å². The van der Waals surface area contributed by atoms with Gasteiger partial charge >= 0.3 is 0 Å². The van der Waals surface area contributed by atoms with E-state index in [0.717, 1.165) is 18.5 Å². The van der Waals surface area contributed by atoms with Gasteiger partial charge in [0.1, 0.15) is 0 Å². The highest BCUT2D eigenvalue weighted by atomic mass is 14.7. The van der Waals surface area contributed by atoms with Crippen molar-refractivity contribution in [2.24, 2.45) is 5.92 Å². The predicted molar refractivity (Wildman–Crippen MR) is 56.6 cm³/mol. The number of pyridine rings is 1. The van der Waals surface area contributed by atoms with Crippen molar-refractivity contribution >= 4 is 0 Å². The molecule has 0 bridgehead atoms. The minimum Gasteiger partial charge on any atom is -0.258 e. The summed E-state index contributed by atoms with van der Waals surface area (Å²) in [7, 11) is 0. The molecule has 0 N–H and O–H groups in total. The Morgan fingerprint density at radius 3 is 2.46 bits per heavy atom. The van der Waals surface area contributed by atoms with E-state index < -0.39 is 0 Å². The first-order valence-corrected chi connectivity index (χ1v) is 4.87. The summed E-state index contributed by atoms with van der Waals surface area (Å²) in [5.74, 6) is 0.673. The molecular formula is C12H18N. The number of rotatable bonds is 3. The number of nitrogens with zero attached hydrogens (tertiary/aromatic N) is 1. The van der Waals surface area contributed by atoms with Crippen LogP contribution in [0.2, 0.25) is 0 Å². The van der Waals surface area contributed by atoms with Gasteiger partial charge in [0.25, 0.3) is 0 Å². The van der Waals surface area contributed by atoms with Gasteiger partial charge in [-0.3, -0.25) is 4.98 Å². The molecule has 0 aromatic carbocycles. The second kappa shape index (κ2) is 4.40. The Hall–Kier alpha value is -0.850. The van der Waals surface area contributed by atoms with Crippen molar-refractivity contribution in [3.63, 3.8) is 0 Å². The topological polar surface area (TPSA) is 12.9 Å². The van der Waals surface area contributed by atoms with Crippen molar-refractivity contribution in [2.45, 2.75) is 33.6 Å². The highest BCUT2D eigenvalue weighted by Gasteiger charge is 2.01. The Balaban J connectivity index is 2.88. The van der Waals surface area contributed by atoms with E-state index in [1.165, 1.54) is 11.3 Å². The average molecular weight is 176 g/mol. The van der Waals surface area contributed by atoms with Crippen LogP contribution in [0.4, 0.5) is 0 Å². The van der Waals surface area contributed by atoms with Crippen molar-refractivity contribution in [1.29, 1.82) is 0 Å². The smallest absolute Gasteiger partial charge is 0.0412 e. The maximum absolute atomic E-state index is 4.53. The quantitative estimate of drug-likeness (QED) is 0.690. The monoisotopic (exact) mass is 176 g/mol. The van der Waals surface area contributed by atoms with Gasteiger partial charge in [-0.25, -0.2) is 0 Å². The zero-order chi connectivity index (χ0) is 9.84. The maximum atomic E-state index is 4.53. The fraction of sp³-hybridized carbons (Fsp3) is 0.500. The van der Waals surface area contributed by atoms with Crippen LogP contribution in [0.25, 0.3) is 0 Å². The molecule has 0 unspecified atom stereocenters. The molecule has 0 spiro atoms. The van der Waals surface area contributed by atoms with Gasteiger partial charge in [-0.1, -0.05) is 13.8 Å². The molecule has 0 saturated heterocycles. The minimum atomic E-state index is 0.673. The molecule has 0 aliphatic carbocycles. The van der Waals surface area contributed by atoms with Gasteiger partial charge in [-0.15, -0.1) is 0 Å². The Kier molecular flexibility index (Phi) is 3.47. The van der Waals surface area contributed by atoms with Crippen molar-refractivity contribution in [1.82, 2.24) is 4.98 Å². The third-order valence-corrected chi connectivity index (χ3v) is 1.95. The van der Waals surface area contributed by atoms with Gasteiger partial charge in [0.15, 0.2) is 0 Å². The first-order chi connectivity index (χ1) is 6.11. The molecule has 1 aromatic heterocycles. The number of hydrogen-bond donors (Lipinski definition) is 0. The molecule has 0 saturated carbocycles. The Bertz CT molecular complexity index is 276. The summed E-state index contributed by atoms with van der Waals surface area (Å²) in [6.07, 6.45) is 1.85. The Morgan fingerprint density at radius 2 is 1.92 bits per heavy atom. The van der Waals surface area contributed by atoms with Gasteiger partial charge in [0.2, 0.25) is 0 Å². The summed E-state index contributed by atoms with van der Waals surface area (Å²) < 4.78 is 0. The summed E-state index contributed by atoms with van der Waals surface area (Å²) in [5.41, 5.74) is 3.61. The first-order valence-electron chi connectivity index (χ1n) is 4.87. The standard InChI is InChI=1S/C12H18N/c1-5-11-7-10(4)8-12(13-11)6-9(2)3/h7-9H,1,5-6H2,2-4H3. The second-order valence-electron chi connectivity index (χ2n) is 3.98. The van der Waals surface area contributed by atoms with Crippen molar-refractivity contribution in [2.75, 3.05) is 0 Å². The molecule has 1 heterocycles. The zero-order valence-corrected chi connectivity index (χ0v) is 8.80. The number of aromatic nitrogens is 1. The van der Waals surface area contributed by atoms with E-state index in [1.807, 2.05) is 0 Å². The van der Waals surface area contributed by atoms with E-state index in [4.69, 9.17) is 0 Å². The van der Waals surface area contributed by atoms with Crippen molar-refractivity contribution < 1.29 is 0 Å². The number of aryl methyl sites for hydroxylation is 1. The summed E-state index contributed by atoms with van der Waals surface area (Å²) in [5, 5.41) is 0. The Morgan fingerprint density at radius 1 is 1.31 bits per heavy atom. The molecule has 1 rings (SSSR count). The molecule has 0 aliphatic rings. The van der Waals surface area contributed by atoms with E-state index in [9.17, 15) is 0 Å². The zero-order valence-electron chi connectivity index (χ0n) is 8.80. The van der Waals surface area contributed by atoms with Gasteiger partial charge in [-0.2, -0.15) is 0 Å². The van der Waals surface area contributed by atoms with Crippen molar-refractivity contribution in [3.8, 4) is 0 Å². The van der Waals surface area contributed by atoms with E-state index in [-0.39, 0.29) is 0 Å². The van der Waals surface area contributed by atoms with Gasteiger partial charge < -0.3 is 0 Å². The lowest BCUT2D eigenvalue weighted by molar-refractivity contribution is 0.633. The van der Waals surface area contributed by atoms with Crippen LogP contribution in [0.1, 0.15) is 30.8 Å². The molecule has 13 heavy (non-hydrogen) atoms. The SMILES string of the molecule is [CH2]Cc1cc(C)cc(CC(C)C)n1. The van der Waals surface area contributed by atoms with Crippen LogP contribution >= 0.6 is 0 Å². The first kappa shape index (κ1) is 10.2. The lowest BCUT2D eigenvalue weighted by Crippen LogP contribution is -2.00. The van der Waals surface area contributed by atoms with Crippen LogP contribution in [-0.2, 0) is 12.8 Å². The molecule has 0 atom stereocenters. The van der Waals surface area contributed by atoms with E-state index in [0.29, 0.717) is 5.92 Å². The van der Waals surface area contributed by atoms with Crippen LogP contribution in [0.3, 0.4) is 0 Å². The molecule has 1 nitrogen and oxygen atoms in total. The highest BCUT2D eigenvalue weighted by molar-refractivity contribution is 5.20. The fourth-order valence-electron chi connectivity index (χ4n) is 1.47. The van der Waals surface area contributed by atoms with Crippen LogP contribution in [0.15, 0.2) is 12.1 Å². The van der Waals surface area contributed by atoms with Gasteiger partial charge in [0, 0.05) is 11.4 Å². The third kappa shape index (κ3) is 3.17. The molecule has 1 aromatic rings. The Labute approximate surface area is 81.2 Å². The fourth-order valence-corrected chi connectivity index (χ4v) is 1.47. The lowest BCUT2D eigenvalue weighted by Gasteiger charge is -2.07. The predicted octanol–water partition coefficient (Wildman–Crippen LogP) is 2.97. The molecule has 0 aliphatic heterocycles. The van der Waals surface area contributed by atoms with E-state index >= 15 is 0 Å². The molecule has 0 amide bonds. The van der Waals surface area contributed by atoms with Gasteiger partial charge in [0.05, 0.1) is 0 Å².